The molecule has 1 saturated heterocycles. The molecule has 0 unspecified atom stereocenters. The van der Waals surface area contributed by atoms with Crippen LogP contribution in [0, 0.1) is 0 Å². The first-order valence-electron chi connectivity index (χ1n) is 7.04. The van der Waals surface area contributed by atoms with Crippen LogP contribution in [0.4, 0.5) is 0 Å². The van der Waals surface area contributed by atoms with E-state index in [1.165, 1.54) is 5.56 Å². The summed E-state index contributed by atoms with van der Waals surface area (Å²) >= 11 is 0. The molecular weight excluding hydrogens is 258 g/mol. The lowest BCUT2D eigenvalue weighted by Gasteiger charge is -2.32. The van der Waals surface area contributed by atoms with Gasteiger partial charge in [0.2, 0.25) is 10.0 Å². The summed E-state index contributed by atoms with van der Waals surface area (Å²) in [4.78, 5) is 0.422. The highest BCUT2D eigenvalue weighted by atomic mass is 32.2. The standard InChI is InChI=1S/C15H23NO2S/c1-12(2)14-7-9-15(10-8-14)19(17,18)16-11-5-4-6-13(16)3/h7-10,12-13H,4-6,11H2,1-3H3/t13-/m1/s1. The first kappa shape index (κ1) is 14.5. The Kier molecular flexibility index (Phi) is 4.31. The van der Waals surface area contributed by atoms with Crippen molar-refractivity contribution in [3.05, 3.63) is 29.8 Å². The summed E-state index contributed by atoms with van der Waals surface area (Å²) in [5, 5.41) is 0. The Morgan fingerprint density at radius 1 is 1.16 bits per heavy atom. The zero-order chi connectivity index (χ0) is 14.0. The van der Waals surface area contributed by atoms with Crippen LogP contribution < -0.4 is 0 Å². The Labute approximate surface area is 116 Å². The molecule has 1 fully saturated rings. The van der Waals surface area contributed by atoms with Crippen LogP contribution in [0.15, 0.2) is 29.2 Å². The van der Waals surface area contributed by atoms with Crippen LogP contribution in [0.5, 0.6) is 0 Å². The van der Waals surface area contributed by atoms with E-state index < -0.39 is 10.0 Å². The second-order valence-electron chi connectivity index (χ2n) is 5.68. The van der Waals surface area contributed by atoms with Crippen molar-refractivity contribution in [1.82, 2.24) is 4.31 Å². The first-order valence-corrected chi connectivity index (χ1v) is 8.48. The largest absolute Gasteiger partial charge is 0.243 e. The number of benzene rings is 1. The summed E-state index contributed by atoms with van der Waals surface area (Å²) in [6, 6.07) is 7.44. The molecule has 19 heavy (non-hydrogen) atoms. The third kappa shape index (κ3) is 3.00. The summed E-state index contributed by atoms with van der Waals surface area (Å²) in [7, 11) is -3.32. The van der Waals surface area contributed by atoms with Crippen molar-refractivity contribution in [3.63, 3.8) is 0 Å². The molecule has 4 heteroatoms. The molecule has 1 aromatic rings. The number of nitrogens with zero attached hydrogens (tertiary/aromatic N) is 1. The van der Waals surface area contributed by atoms with Crippen molar-refractivity contribution in [3.8, 4) is 0 Å². The van der Waals surface area contributed by atoms with Gasteiger partial charge in [-0.1, -0.05) is 32.4 Å². The monoisotopic (exact) mass is 281 g/mol. The molecule has 0 saturated carbocycles. The maximum Gasteiger partial charge on any atom is 0.243 e. The number of hydrogen-bond donors (Lipinski definition) is 0. The molecule has 2 rings (SSSR count). The topological polar surface area (TPSA) is 37.4 Å². The van der Waals surface area contributed by atoms with E-state index in [-0.39, 0.29) is 6.04 Å². The van der Waals surface area contributed by atoms with Crippen molar-refractivity contribution in [2.24, 2.45) is 0 Å². The molecule has 106 valence electrons. The summed E-state index contributed by atoms with van der Waals surface area (Å²) in [6.07, 6.45) is 3.05. The second-order valence-corrected chi connectivity index (χ2v) is 7.57. The first-order chi connectivity index (χ1) is 8.93. The van der Waals surface area contributed by atoms with E-state index in [0.717, 1.165) is 19.3 Å². The van der Waals surface area contributed by atoms with Gasteiger partial charge in [0.15, 0.2) is 0 Å². The highest BCUT2D eigenvalue weighted by Crippen LogP contribution is 2.26. The van der Waals surface area contributed by atoms with E-state index in [1.54, 1.807) is 16.4 Å². The lowest BCUT2D eigenvalue weighted by Crippen LogP contribution is -2.41. The Hall–Kier alpha value is -0.870. The van der Waals surface area contributed by atoms with Crippen LogP contribution in [0.2, 0.25) is 0 Å². The molecule has 3 nitrogen and oxygen atoms in total. The average Bonchev–Trinajstić information content (AvgIpc) is 2.39. The average molecular weight is 281 g/mol. The third-order valence-corrected chi connectivity index (χ3v) is 5.92. The van der Waals surface area contributed by atoms with Crippen molar-refractivity contribution in [1.29, 1.82) is 0 Å². The fourth-order valence-corrected chi connectivity index (χ4v) is 4.29. The van der Waals surface area contributed by atoms with Crippen LogP contribution in [0.25, 0.3) is 0 Å². The van der Waals surface area contributed by atoms with Crippen molar-refractivity contribution in [2.45, 2.75) is 56.9 Å². The maximum absolute atomic E-state index is 12.6. The van der Waals surface area contributed by atoms with E-state index >= 15 is 0 Å². The maximum atomic E-state index is 12.6. The van der Waals surface area contributed by atoms with Crippen LogP contribution in [-0.2, 0) is 10.0 Å². The van der Waals surface area contributed by atoms with Gasteiger partial charge >= 0.3 is 0 Å². The molecule has 1 aromatic carbocycles. The molecule has 0 radical (unpaired) electrons. The van der Waals surface area contributed by atoms with E-state index in [2.05, 4.69) is 13.8 Å². The van der Waals surface area contributed by atoms with Gasteiger partial charge in [-0.2, -0.15) is 4.31 Å². The minimum atomic E-state index is -3.32. The minimum Gasteiger partial charge on any atom is -0.207 e. The predicted molar refractivity (Wildman–Crippen MR) is 77.7 cm³/mol. The normalized spacial score (nSPS) is 21.8. The predicted octanol–water partition coefficient (Wildman–Crippen LogP) is 3.37. The van der Waals surface area contributed by atoms with Crippen molar-refractivity contribution >= 4 is 10.0 Å². The van der Waals surface area contributed by atoms with E-state index in [0.29, 0.717) is 17.4 Å². The Morgan fingerprint density at radius 2 is 1.79 bits per heavy atom. The van der Waals surface area contributed by atoms with Crippen molar-refractivity contribution in [2.75, 3.05) is 6.54 Å². The molecule has 1 heterocycles. The Bertz CT molecular complexity index is 520. The SMILES string of the molecule is CC(C)c1ccc(S(=O)(=O)N2CCCC[C@H]2C)cc1. The molecule has 1 aliphatic heterocycles. The highest BCUT2D eigenvalue weighted by Gasteiger charge is 2.30. The minimum absolute atomic E-state index is 0.114. The summed E-state index contributed by atoms with van der Waals surface area (Å²) in [5.41, 5.74) is 1.17. The fourth-order valence-electron chi connectivity index (χ4n) is 2.59. The molecule has 0 bridgehead atoms. The van der Waals surface area contributed by atoms with Gasteiger partial charge in [-0.05, 0) is 43.4 Å². The molecule has 1 atom stereocenters. The summed E-state index contributed by atoms with van der Waals surface area (Å²) in [6.45, 7) is 6.86. The molecule has 0 aliphatic carbocycles. The lowest BCUT2D eigenvalue weighted by molar-refractivity contribution is 0.268. The van der Waals surface area contributed by atoms with Crippen LogP contribution in [-0.4, -0.2) is 25.3 Å². The van der Waals surface area contributed by atoms with Gasteiger partial charge in [-0.25, -0.2) is 8.42 Å². The Balaban J connectivity index is 2.28. The quantitative estimate of drug-likeness (QED) is 0.852. The van der Waals surface area contributed by atoms with Crippen molar-refractivity contribution < 1.29 is 8.42 Å². The van der Waals surface area contributed by atoms with Gasteiger partial charge in [0.1, 0.15) is 0 Å². The van der Waals surface area contributed by atoms with Gasteiger partial charge in [0, 0.05) is 12.6 Å². The van der Waals surface area contributed by atoms with Gasteiger partial charge in [0.05, 0.1) is 4.90 Å². The molecular formula is C15H23NO2S. The van der Waals surface area contributed by atoms with Gasteiger partial charge in [-0.3, -0.25) is 0 Å². The van der Waals surface area contributed by atoms with Crippen LogP contribution >= 0.6 is 0 Å². The number of sulfonamides is 1. The number of piperidine rings is 1. The molecule has 0 aromatic heterocycles. The number of rotatable bonds is 3. The Morgan fingerprint density at radius 3 is 2.32 bits per heavy atom. The summed E-state index contributed by atoms with van der Waals surface area (Å²) < 4.78 is 26.9. The van der Waals surface area contributed by atoms with E-state index in [1.807, 2.05) is 19.1 Å². The van der Waals surface area contributed by atoms with E-state index in [4.69, 9.17) is 0 Å². The van der Waals surface area contributed by atoms with E-state index in [9.17, 15) is 8.42 Å². The number of hydrogen-bond acceptors (Lipinski definition) is 2. The third-order valence-electron chi connectivity index (χ3n) is 3.90. The molecule has 1 aliphatic rings. The second kappa shape index (κ2) is 5.63. The molecule has 0 amide bonds. The lowest BCUT2D eigenvalue weighted by atomic mass is 10.0. The van der Waals surface area contributed by atoms with Gasteiger partial charge in [-0.15, -0.1) is 0 Å². The fraction of sp³-hybridized carbons (Fsp3) is 0.600. The zero-order valence-corrected chi connectivity index (χ0v) is 12.8. The smallest absolute Gasteiger partial charge is 0.207 e. The van der Waals surface area contributed by atoms with Gasteiger partial charge < -0.3 is 0 Å². The van der Waals surface area contributed by atoms with Crippen LogP contribution in [0.1, 0.15) is 51.5 Å². The molecule has 0 spiro atoms. The van der Waals surface area contributed by atoms with Crippen LogP contribution in [0.3, 0.4) is 0 Å². The zero-order valence-electron chi connectivity index (χ0n) is 12.0. The summed E-state index contributed by atoms with van der Waals surface area (Å²) in [5.74, 6) is 0.422. The highest BCUT2D eigenvalue weighted by molar-refractivity contribution is 7.89. The molecule has 0 N–H and O–H groups in total. The van der Waals surface area contributed by atoms with Gasteiger partial charge in [0.25, 0.3) is 0 Å².